The molecule has 0 unspecified atom stereocenters. The van der Waals surface area contributed by atoms with Gasteiger partial charge < -0.3 is 10.1 Å². The van der Waals surface area contributed by atoms with E-state index in [0.29, 0.717) is 5.56 Å². The first-order valence-electron chi connectivity index (χ1n) is 8.85. The molecule has 2 aromatic carbocycles. The SMILES string of the molecule is C=CCN1C(=O)[C@@](NC(=O)c2cccc(OC)c2)(C(F)(F)F)N=C1c1ccccc1. The Bertz CT molecular complexity index is 1010. The maximum atomic E-state index is 14.2. The van der Waals surface area contributed by atoms with E-state index in [1.807, 2.05) is 0 Å². The van der Waals surface area contributed by atoms with Crippen LogP contribution in [-0.4, -0.2) is 48.0 Å². The van der Waals surface area contributed by atoms with Crippen LogP contribution in [0.4, 0.5) is 13.2 Å². The van der Waals surface area contributed by atoms with Crippen LogP contribution in [0, 0.1) is 0 Å². The van der Waals surface area contributed by atoms with Crippen LogP contribution in [0.15, 0.2) is 72.2 Å². The Morgan fingerprint density at radius 2 is 1.93 bits per heavy atom. The smallest absolute Gasteiger partial charge is 0.442 e. The lowest BCUT2D eigenvalue weighted by Gasteiger charge is -2.29. The van der Waals surface area contributed by atoms with Crippen LogP contribution in [-0.2, 0) is 4.79 Å². The maximum Gasteiger partial charge on any atom is 0.442 e. The topological polar surface area (TPSA) is 71.0 Å². The van der Waals surface area contributed by atoms with Crippen molar-refractivity contribution < 1.29 is 27.5 Å². The number of benzene rings is 2. The first-order valence-corrected chi connectivity index (χ1v) is 8.85. The highest BCUT2D eigenvalue weighted by Crippen LogP contribution is 2.38. The first kappa shape index (κ1) is 21.1. The predicted molar refractivity (Wildman–Crippen MR) is 104 cm³/mol. The molecule has 1 heterocycles. The summed E-state index contributed by atoms with van der Waals surface area (Å²) >= 11 is 0. The van der Waals surface area contributed by atoms with Crippen LogP contribution in [0.25, 0.3) is 0 Å². The van der Waals surface area contributed by atoms with E-state index in [-0.39, 0.29) is 23.7 Å². The molecule has 0 aliphatic carbocycles. The summed E-state index contributed by atoms with van der Waals surface area (Å²) in [6, 6.07) is 13.5. The Balaban J connectivity index is 2.09. The Morgan fingerprint density at radius 3 is 2.53 bits per heavy atom. The summed E-state index contributed by atoms with van der Waals surface area (Å²) < 4.78 is 47.5. The monoisotopic (exact) mass is 417 g/mol. The fourth-order valence-electron chi connectivity index (χ4n) is 3.00. The van der Waals surface area contributed by atoms with Gasteiger partial charge in [0.15, 0.2) is 0 Å². The average Bonchev–Trinajstić information content (AvgIpc) is 3.02. The number of amidine groups is 1. The minimum atomic E-state index is -5.19. The normalized spacial score (nSPS) is 18.7. The summed E-state index contributed by atoms with van der Waals surface area (Å²) in [5.74, 6) is -2.45. The zero-order valence-corrected chi connectivity index (χ0v) is 15.9. The van der Waals surface area contributed by atoms with E-state index in [0.717, 1.165) is 4.90 Å². The minimum Gasteiger partial charge on any atom is -0.497 e. The number of amides is 2. The molecule has 1 aliphatic rings. The van der Waals surface area contributed by atoms with Crippen molar-refractivity contribution in [2.75, 3.05) is 13.7 Å². The third kappa shape index (κ3) is 3.66. The van der Waals surface area contributed by atoms with Gasteiger partial charge in [-0.1, -0.05) is 42.5 Å². The highest BCUT2D eigenvalue weighted by Gasteiger charge is 2.67. The summed E-state index contributed by atoms with van der Waals surface area (Å²) in [7, 11) is 1.36. The quantitative estimate of drug-likeness (QED) is 0.734. The van der Waals surface area contributed by atoms with E-state index in [1.165, 1.54) is 49.6 Å². The fraction of sp³-hybridized carbons (Fsp3) is 0.190. The van der Waals surface area contributed by atoms with Gasteiger partial charge in [0, 0.05) is 17.7 Å². The van der Waals surface area contributed by atoms with Gasteiger partial charge in [-0.25, -0.2) is 4.99 Å². The highest BCUT2D eigenvalue weighted by atomic mass is 19.4. The van der Waals surface area contributed by atoms with E-state index in [2.05, 4.69) is 11.6 Å². The summed E-state index contributed by atoms with van der Waals surface area (Å²) in [5, 5.41) is 1.81. The molecule has 0 saturated heterocycles. The summed E-state index contributed by atoms with van der Waals surface area (Å²) in [5.41, 5.74) is -3.26. The molecule has 9 heteroatoms. The van der Waals surface area contributed by atoms with Crippen LogP contribution >= 0.6 is 0 Å². The average molecular weight is 417 g/mol. The second kappa shape index (κ2) is 8.02. The van der Waals surface area contributed by atoms with Gasteiger partial charge >= 0.3 is 11.8 Å². The minimum absolute atomic E-state index is 0.107. The van der Waals surface area contributed by atoms with Crippen LogP contribution in [0.3, 0.4) is 0 Å². The molecule has 1 atom stereocenters. The molecule has 0 fully saturated rings. The van der Waals surface area contributed by atoms with E-state index in [9.17, 15) is 22.8 Å². The molecular weight excluding hydrogens is 399 g/mol. The van der Waals surface area contributed by atoms with Gasteiger partial charge in [0.05, 0.1) is 7.11 Å². The first-order chi connectivity index (χ1) is 14.2. The Labute approximate surface area is 170 Å². The molecule has 0 aromatic heterocycles. The predicted octanol–water partition coefficient (Wildman–Crippen LogP) is 3.16. The van der Waals surface area contributed by atoms with Gasteiger partial charge in [-0.2, -0.15) is 13.2 Å². The number of rotatable bonds is 6. The van der Waals surface area contributed by atoms with E-state index in [1.54, 1.807) is 23.5 Å². The zero-order chi connectivity index (χ0) is 21.9. The van der Waals surface area contributed by atoms with Crippen LogP contribution in [0.1, 0.15) is 15.9 Å². The molecular formula is C21H18F3N3O3. The van der Waals surface area contributed by atoms with Crippen molar-refractivity contribution in [3.8, 4) is 5.75 Å². The largest absolute Gasteiger partial charge is 0.497 e. The molecule has 6 nitrogen and oxygen atoms in total. The molecule has 1 N–H and O–H groups in total. The summed E-state index contributed by atoms with van der Waals surface area (Å²) in [6.45, 7) is 3.28. The second-order valence-electron chi connectivity index (χ2n) is 6.40. The van der Waals surface area contributed by atoms with Gasteiger partial charge in [-0.05, 0) is 18.2 Å². The number of alkyl halides is 3. The van der Waals surface area contributed by atoms with Crippen LogP contribution in [0.5, 0.6) is 5.75 Å². The van der Waals surface area contributed by atoms with Crippen molar-refractivity contribution in [1.29, 1.82) is 0 Å². The van der Waals surface area contributed by atoms with E-state index < -0.39 is 23.7 Å². The van der Waals surface area contributed by atoms with Crippen LogP contribution < -0.4 is 10.1 Å². The number of halogens is 3. The lowest BCUT2D eigenvalue weighted by molar-refractivity contribution is -0.196. The molecule has 2 amide bonds. The Hall–Kier alpha value is -3.62. The Morgan fingerprint density at radius 1 is 1.23 bits per heavy atom. The van der Waals surface area contributed by atoms with Crippen molar-refractivity contribution in [2.45, 2.75) is 11.8 Å². The number of hydrogen-bond donors (Lipinski definition) is 1. The molecule has 0 bridgehead atoms. The van der Waals surface area contributed by atoms with Gasteiger partial charge in [-0.15, -0.1) is 6.58 Å². The summed E-state index contributed by atoms with van der Waals surface area (Å²) in [6.07, 6.45) is -3.90. The number of nitrogens with zero attached hydrogens (tertiary/aromatic N) is 2. The van der Waals surface area contributed by atoms with Crippen molar-refractivity contribution in [3.05, 3.63) is 78.4 Å². The Kier molecular flexibility index (Phi) is 5.64. The summed E-state index contributed by atoms with van der Waals surface area (Å²) in [4.78, 5) is 30.1. The van der Waals surface area contributed by atoms with E-state index in [4.69, 9.17) is 4.74 Å². The highest BCUT2D eigenvalue weighted by molar-refractivity contribution is 6.16. The van der Waals surface area contributed by atoms with Gasteiger partial charge in [0.1, 0.15) is 11.6 Å². The molecule has 2 aromatic rings. The second-order valence-corrected chi connectivity index (χ2v) is 6.40. The fourth-order valence-corrected chi connectivity index (χ4v) is 3.00. The molecule has 1 aliphatic heterocycles. The molecule has 0 radical (unpaired) electrons. The van der Waals surface area contributed by atoms with Crippen molar-refractivity contribution >= 4 is 17.6 Å². The molecule has 3 rings (SSSR count). The molecule has 0 saturated carbocycles. The molecule has 30 heavy (non-hydrogen) atoms. The maximum absolute atomic E-state index is 14.2. The van der Waals surface area contributed by atoms with Crippen molar-refractivity contribution in [2.24, 2.45) is 4.99 Å². The van der Waals surface area contributed by atoms with Gasteiger partial charge in [-0.3, -0.25) is 14.5 Å². The standard InChI is InChI=1S/C21H18F3N3O3/c1-3-12-27-17(14-8-5-4-6-9-14)25-20(19(27)29,21(22,23)24)26-18(28)15-10-7-11-16(13-15)30-2/h3-11,13H,1,12H2,2H3,(H,26,28)/t20-/m1/s1. The number of ether oxygens (including phenoxy) is 1. The zero-order valence-electron chi connectivity index (χ0n) is 15.9. The number of nitrogens with one attached hydrogen (secondary N) is 1. The number of carbonyl (C=O) groups excluding carboxylic acids is 2. The molecule has 0 spiro atoms. The van der Waals surface area contributed by atoms with Gasteiger partial charge in [0.25, 0.3) is 11.8 Å². The van der Waals surface area contributed by atoms with Crippen molar-refractivity contribution in [3.63, 3.8) is 0 Å². The molecule has 156 valence electrons. The lowest BCUT2D eigenvalue weighted by Crippen LogP contribution is -2.63. The van der Waals surface area contributed by atoms with E-state index >= 15 is 0 Å². The lowest BCUT2D eigenvalue weighted by atomic mass is 10.1. The number of methoxy groups -OCH3 is 1. The number of aliphatic imine (C=N–C) groups is 1. The van der Waals surface area contributed by atoms with Crippen LogP contribution in [0.2, 0.25) is 0 Å². The van der Waals surface area contributed by atoms with Gasteiger partial charge in [0.2, 0.25) is 0 Å². The third-order valence-corrected chi connectivity index (χ3v) is 4.46. The number of carbonyl (C=O) groups is 2. The van der Waals surface area contributed by atoms with Crippen molar-refractivity contribution in [1.82, 2.24) is 10.2 Å². The third-order valence-electron chi connectivity index (χ3n) is 4.46. The number of hydrogen-bond acceptors (Lipinski definition) is 4.